The number of nitrogens with zero attached hydrogens (tertiary/aromatic N) is 1. The van der Waals surface area contributed by atoms with Crippen LogP contribution in [0, 0.1) is 11.8 Å². The van der Waals surface area contributed by atoms with Crippen molar-refractivity contribution in [2.75, 3.05) is 13.1 Å². The highest BCUT2D eigenvalue weighted by molar-refractivity contribution is 6.30. The van der Waals surface area contributed by atoms with Crippen LogP contribution in [0.4, 0.5) is 0 Å². The minimum absolute atomic E-state index is 0.233. The topological polar surface area (TPSA) is 3.24 Å². The predicted octanol–water partition coefficient (Wildman–Crippen LogP) is 3.98. The van der Waals surface area contributed by atoms with Crippen LogP contribution in [-0.4, -0.2) is 24.0 Å². The van der Waals surface area contributed by atoms with Gasteiger partial charge >= 0.3 is 0 Å². The summed E-state index contributed by atoms with van der Waals surface area (Å²) in [4.78, 5) is 2.33. The largest absolute Gasteiger partial charge is 0.290 e. The van der Waals surface area contributed by atoms with Crippen molar-refractivity contribution < 1.29 is 0 Å². The Bertz CT molecular complexity index is 438. The molecule has 1 rings (SSSR count). The standard InChI is InChI=1S/C16H20ClN/c1-4-8-16(18(5-2)6-3)12-11-14-9-7-10-15(17)13-14/h4,7,9-10,13,16H,1,5-6,8H2,2-3H3. The maximum Gasteiger partial charge on any atom is 0.0752 e. The molecule has 0 spiro atoms. The van der Waals surface area contributed by atoms with Gasteiger partial charge in [0.05, 0.1) is 6.04 Å². The molecule has 0 heterocycles. The molecule has 0 aliphatic rings. The van der Waals surface area contributed by atoms with Crippen LogP contribution in [0.5, 0.6) is 0 Å². The van der Waals surface area contributed by atoms with Crippen LogP contribution in [0.25, 0.3) is 0 Å². The van der Waals surface area contributed by atoms with E-state index in [0.717, 1.165) is 30.1 Å². The van der Waals surface area contributed by atoms with Gasteiger partial charge in [0, 0.05) is 10.6 Å². The molecular formula is C16H20ClN. The van der Waals surface area contributed by atoms with E-state index < -0.39 is 0 Å². The molecule has 96 valence electrons. The molecule has 1 aromatic rings. The smallest absolute Gasteiger partial charge is 0.0752 e. The lowest BCUT2D eigenvalue weighted by atomic mass is 10.1. The summed E-state index contributed by atoms with van der Waals surface area (Å²) in [5, 5.41) is 0.727. The van der Waals surface area contributed by atoms with E-state index in [2.05, 4.69) is 37.2 Å². The lowest BCUT2D eigenvalue weighted by molar-refractivity contribution is 0.262. The Morgan fingerprint density at radius 1 is 1.39 bits per heavy atom. The number of rotatable bonds is 5. The third-order valence-electron chi connectivity index (χ3n) is 2.85. The van der Waals surface area contributed by atoms with Crippen LogP contribution in [0.15, 0.2) is 36.9 Å². The van der Waals surface area contributed by atoms with E-state index in [0.29, 0.717) is 0 Å². The Kier molecular flexibility index (Phi) is 6.57. The van der Waals surface area contributed by atoms with Crippen molar-refractivity contribution in [3.05, 3.63) is 47.5 Å². The van der Waals surface area contributed by atoms with Crippen LogP contribution in [0.3, 0.4) is 0 Å². The molecule has 0 saturated carbocycles. The van der Waals surface area contributed by atoms with Gasteiger partial charge in [-0.05, 0) is 37.7 Å². The first-order valence-electron chi connectivity index (χ1n) is 6.33. The van der Waals surface area contributed by atoms with E-state index in [1.165, 1.54) is 0 Å². The van der Waals surface area contributed by atoms with Gasteiger partial charge in [0.15, 0.2) is 0 Å². The fourth-order valence-corrected chi connectivity index (χ4v) is 2.04. The zero-order chi connectivity index (χ0) is 13.4. The van der Waals surface area contributed by atoms with Gasteiger partial charge in [0.1, 0.15) is 0 Å². The molecule has 18 heavy (non-hydrogen) atoms. The van der Waals surface area contributed by atoms with Crippen LogP contribution in [-0.2, 0) is 0 Å². The second-order valence-corrected chi connectivity index (χ2v) is 4.48. The number of hydrogen-bond donors (Lipinski definition) is 0. The summed E-state index contributed by atoms with van der Waals surface area (Å²) in [6.07, 6.45) is 2.81. The molecule has 0 bridgehead atoms. The monoisotopic (exact) mass is 261 g/mol. The Morgan fingerprint density at radius 2 is 2.11 bits per heavy atom. The van der Waals surface area contributed by atoms with Crippen LogP contribution in [0.1, 0.15) is 25.8 Å². The molecular weight excluding hydrogens is 242 g/mol. The Labute approximate surface area is 115 Å². The average Bonchev–Trinajstić information content (AvgIpc) is 2.37. The quantitative estimate of drug-likeness (QED) is 0.573. The van der Waals surface area contributed by atoms with Gasteiger partial charge in [-0.25, -0.2) is 0 Å². The number of halogens is 1. The highest BCUT2D eigenvalue weighted by atomic mass is 35.5. The van der Waals surface area contributed by atoms with Gasteiger partial charge in [-0.2, -0.15) is 0 Å². The van der Waals surface area contributed by atoms with Crippen molar-refractivity contribution in [1.82, 2.24) is 4.90 Å². The second-order valence-electron chi connectivity index (χ2n) is 4.04. The highest BCUT2D eigenvalue weighted by Crippen LogP contribution is 2.10. The zero-order valence-corrected chi connectivity index (χ0v) is 11.9. The second kappa shape index (κ2) is 7.97. The average molecular weight is 262 g/mol. The molecule has 2 heteroatoms. The fourth-order valence-electron chi connectivity index (χ4n) is 1.85. The summed E-state index contributed by atoms with van der Waals surface area (Å²) in [5.41, 5.74) is 0.962. The summed E-state index contributed by atoms with van der Waals surface area (Å²) in [6.45, 7) is 10.1. The van der Waals surface area contributed by atoms with Crippen molar-refractivity contribution >= 4 is 11.6 Å². The van der Waals surface area contributed by atoms with Crippen LogP contribution >= 0.6 is 11.6 Å². The predicted molar refractivity (Wildman–Crippen MR) is 79.9 cm³/mol. The molecule has 0 fully saturated rings. The Morgan fingerprint density at radius 3 is 2.67 bits per heavy atom. The Hall–Kier alpha value is -1.23. The molecule has 0 amide bonds. The zero-order valence-electron chi connectivity index (χ0n) is 11.1. The number of benzene rings is 1. The summed E-state index contributed by atoms with van der Waals surface area (Å²) in [6, 6.07) is 7.88. The highest BCUT2D eigenvalue weighted by Gasteiger charge is 2.10. The van der Waals surface area contributed by atoms with Gasteiger partial charge < -0.3 is 0 Å². The lowest BCUT2D eigenvalue weighted by Crippen LogP contribution is -2.33. The Balaban J connectivity index is 2.86. The molecule has 0 aromatic heterocycles. The minimum atomic E-state index is 0.233. The molecule has 0 radical (unpaired) electrons. The first kappa shape index (κ1) is 14.8. The normalized spacial score (nSPS) is 11.8. The first-order chi connectivity index (χ1) is 8.71. The van der Waals surface area contributed by atoms with Gasteiger partial charge in [-0.15, -0.1) is 6.58 Å². The molecule has 0 N–H and O–H groups in total. The van der Waals surface area contributed by atoms with E-state index in [9.17, 15) is 0 Å². The van der Waals surface area contributed by atoms with Crippen LogP contribution in [0.2, 0.25) is 5.02 Å². The molecule has 0 saturated heterocycles. The third kappa shape index (κ3) is 4.56. The van der Waals surface area contributed by atoms with Crippen molar-refractivity contribution in [3.8, 4) is 11.8 Å². The van der Waals surface area contributed by atoms with E-state index in [1.54, 1.807) is 0 Å². The summed E-state index contributed by atoms with van der Waals surface area (Å²) in [7, 11) is 0. The summed E-state index contributed by atoms with van der Waals surface area (Å²) < 4.78 is 0. The summed E-state index contributed by atoms with van der Waals surface area (Å²) >= 11 is 5.94. The minimum Gasteiger partial charge on any atom is -0.290 e. The van der Waals surface area contributed by atoms with E-state index >= 15 is 0 Å². The molecule has 1 nitrogen and oxygen atoms in total. The SMILES string of the molecule is C=CCC(C#Cc1cccc(Cl)c1)N(CC)CC. The maximum absolute atomic E-state index is 5.94. The van der Waals surface area contributed by atoms with Crippen molar-refractivity contribution in [2.24, 2.45) is 0 Å². The number of hydrogen-bond acceptors (Lipinski definition) is 1. The molecule has 1 aromatic carbocycles. The molecule has 1 unspecified atom stereocenters. The molecule has 0 aliphatic carbocycles. The van der Waals surface area contributed by atoms with E-state index in [1.807, 2.05) is 30.3 Å². The first-order valence-corrected chi connectivity index (χ1v) is 6.71. The maximum atomic E-state index is 5.94. The lowest BCUT2D eigenvalue weighted by Gasteiger charge is -2.24. The fraction of sp³-hybridized carbons (Fsp3) is 0.375. The summed E-state index contributed by atoms with van der Waals surface area (Å²) in [5.74, 6) is 6.51. The van der Waals surface area contributed by atoms with Crippen molar-refractivity contribution in [1.29, 1.82) is 0 Å². The van der Waals surface area contributed by atoms with Gasteiger partial charge in [0.2, 0.25) is 0 Å². The van der Waals surface area contributed by atoms with E-state index in [4.69, 9.17) is 11.6 Å². The van der Waals surface area contributed by atoms with Crippen molar-refractivity contribution in [3.63, 3.8) is 0 Å². The van der Waals surface area contributed by atoms with Gasteiger partial charge in [0.25, 0.3) is 0 Å². The van der Waals surface area contributed by atoms with Gasteiger partial charge in [-0.1, -0.05) is 49.4 Å². The third-order valence-corrected chi connectivity index (χ3v) is 3.09. The van der Waals surface area contributed by atoms with Crippen LogP contribution < -0.4 is 0 Å². The van der Waals surface area contributed by atoms with E-state index in [-0.39, 0.29) is 6.04 Å². The molecule has 1 atom stereocenters. The molecule has 0 aliphatic heterocycles. The van der Waals surface area contributed by atoms with Crippen molar-refractivity contribution in [2.45, 2.75) is 26.3 Å². The van der Waals surface area contributed by atoms with Gasteiger partial charge in [-0.3, -0.25) is 4.90 Å².